The molecule has 0 heterocycles. The third-order valence-electron chi connectivity index (χ3n) is 3.83. The summed E-state index contributed by atoms with van der Waals surface area (Å²) in [4.78, 5) is 25.7. The molecule has 2 nitrogen and oxygen atoms in total. The Kier molecular flexibility index (Phi) is 3.37. The van der Waals surface area contributed by atoms with E-state index in [1.165, 1.54) is 0 Å². The van der Waals surface area contributed by atoms with Gasteiger partial charge in [0.15, 0.2) is 11.6 Å². The van der Waals surface area contributed by atoms with Crippen molar-refractivity contribution in [3.05, 3.63) is 69.8 Å². The lowest BCUT2D eigenvalue weighted by Crippen LogP contribution is -2.24. The average molecular weight is 284 g/mol. The summed E-state index contributed by atoms with van der Waals surface area (Å²) < 4.78 is 0. The Labute approximate surface area is 129 Å². The Morgan fingerprint density at radius 2 is 1.18 bits per heavy atom. The minimum Gasteiger partial charge on any atom is -0.289 e. The molecule has 2 aromatic rings. The molecule has 104 valence electrons. The number of hydrogen-bond donors (Lipinski definition) is 0. The molecular weight excluding hydrogens is 272 g/mol. The van der Waals surface area contributed by atoms with E-state index in [9.17, 15) is 9.59 Å². The second kappa shape index (κ2) is 5.35. The van der Waals surface area contributed by atoms with Gasteiger partial charge in [-0.25, -0.2) is 0 Å². The van der Waals surface area contributed by atoms with E-state index in [2.05, 4.69) is 11.8 Å². The topological polar surface area (TPSA) is 34.1 Å². The first-order valence-electron chi connectivity index (χ1n) is 6.89. The molecule has 0 N–H and O–H groups in total. The molecular formula is C20H12O2. The van der Waals surface area contributed by atoms with E-state index < -0.39 is 0 Å². The number of benzene rings is 2. The molecule has 2 aromatic carbocycles. The van der Waals surface area contributed by atoms with Gasteiger partial charge in [-0.15, -0.1) is 24.7 Å². The Bertz CT molecular complexity index is 817. The largest absolute Gasteiger partial charge is 0.289 e. The van der Waals surface area contributed by atoms with Crippen LogP contribution >= 0.6 is 0 Å². The molecule has 2 heteroatoms. The van der Waals surface area contributed by atoms with E-state index >= 15 is 0 Å². The van der Waals surface area contributed by atoms with Gasteiger partial charge in [0.25, 0.3) is 0 Å². The molecule has 1 aliphatic carbocycles. The molecule has 0 amide bonds. The minimum absolute atomic E-state index is 0.151. The Morgan fingerprint density at radius 3 is 1.59 bits per heavy atom. The molecule has 3 rings (SSSR count). The van der Waals surface area contributed by atoms with E-state index in [1.807, 2.05) is 0 Å². The predicted molar refractivity (Wildman–Crippen MR) is 84.8 cm³/mol. The normalized spacial score (nSPS) is 12.1. The summed E-state index contributed by atoms with van der Waals surface area (Å²) in [6.45, 7) is 0. The molecule has 22 heavy (non-hydrogen) atoms. The third kappa shape index (κ3) is 1.94. The fourth-order valence-corrected chi connectivity index (χ4v) is 2.90. The molecule has 0 spiro atoms. The van der Waals surface area contributed by atoms with Crippen LogP contribution in [0, 0.1) is 24.7 Å². The van der Waals surface area contributed by atoms with Crippen molar-refractivity contribution in [2.24, 2.45) is 0 Å². The number of hydrogen-bond acceptors (Lipinski definition) is 2. The highest BCUT2D eigenvalue weighted by Crippen LogP contribution is 2.31. The van der Waals surface area contributed by atoms with Crippen LogP contribution < -0.4 is 0 Å². The zero-order valence-electron chi connectivity index (χ0n) is 11.8. The quantitative estimate of drug-likeness (QED) is 0.678. The van der Waals surface area contributed by atoms with Crippen molar-refractivity contribution in [1.82, 2.24) is 0 Å². The number of fused-ring (bicyclic) bond motifs is 2. The van der Waals surface area contributed by atoms with Crippen molar-refractivity contribution in [1.29, 1.82) is 0 Å². The van der Waals surface area contributed by atoms with Crippen LogP contribution in [0.5, 0.6) is 0 Å². The van der Waals surface area contributed by atoms with Gasteiger partial charge >= 0.3 is 0 Å². The van der Waals surface area contributed by atoms with Gasteiger partial charge in [-0.3, -0.25) is 9.59 Å². The number of ketones is 2. The molecule has 0 saturated heterocycles. The molecule has 0 fully saturated rings. The molecule has 0 atom stereocenters. The molecule has 0 unspecified atom stereocenters. The summed E-state index contributed by atoms with van der Waals surface area (Å²) >= 11 is 0. The van der Waals surface area contributed by atoms with E-state index in [-0.39, 0.29) is 11.6 Å². The summed E-state index contributed by atoms with van der Waals surface area (Å²) in [6, 6.07) is 10.4. The zero-order chi connectivity index (χ0) is 15.7. The molecule has 0 aliphatic heterocycles. The van der Waals surface area contributed by atoms with Crippen LogP contribution in [0.1, 0.15) is 43.0 Å². The van der Waals surface area contributed by atoms with E-state index in [1.54, 1.807) is 36.4 Å². The first-order valence-corrected chi connectivity index (χ1v) is 6.89. The standard InChI is InChI=1S/C20H12O2/c1-3-7-13-9-5-11-15-17(13)20(22)18-14(8-4-2)10-6-12-16(18)19(15)21/h1-2,5-6,9-12H,7-8H2. The van der Waals surface area contributed by atoms with Gasteiger partial charge < -0.3 is 0 Å². The fourth-order valence-electron chi connectivity index (χ4n) is 2.90. The van der Waals surface area contributed by atoms with Gasteiger partial charge in [0.2, 0.25) is 0 Å². The smallest absolute Gasteiger partial charge is 0.195 e. The molecule has 0 aromatic heterocycles. The predicted octanol–water partition coefficient (Wildman–Crippen LogP) is 2.81. The SMILES string of the molecule is C#CCc1cccc2c1C(=O)c1c(CC#C)cccc1C2=O. The van der Waals surface area contributed by atoms with Crippen LogP contribution in [-0.4, -0.2) is 11.6 Å². The van der Waals surface area contributed by atoms with Crippen LogP contribution in [0.25, 0.3) is 0 Å². The van der Waals surface area contributed by atoms with Gasteiger partial charge in [0.05, 0.1) is 0 Å². The Hall–Kier alpha value is -3.10. The molecule has 0 saturated carbocycles. The van der Waals surface area contributed by atoms with E-state index in [4.69, 9.17) is 12.8 Å². The Balaban J connectivity index is 2.30. The fraction of sp³-hybridized carbons (Fsp3) is 0.100. The summed E-state index contributed by atoms with van der Waals surface area (Å²) in [7, 11) is 0. The van der Waals surface area contributed by atoms with E-state index in [0.29, 0.717) is 46.2 Å². The van der Waals surface area contributed by atoms with Crippen LogP contribution in [0.3, 0.4) is 0 Å². The average Bonchev–Trinajstić information content (AvgIpc) is 2.53. The maximum Gasteiger partial charge on any atom is 0.195 e. The van der Waals surface area contributed by atoms with Gasteiger partial charge in [-0.05, 0) is 11.1 Å². The van der Waals surface area contributed by atoms with Crippen LogP contribution in [0.15, 0.2) is 36.4 Å². The van der Waals surface area contributed by atoms with Crippen molar-refractivity contribution in [3.63, 3.8) is 0 Å². The van der Waals surface area contributed by atoms with Crippen molar-refractivity contribution < 1.29 is 9.59 Å². The second-order valence-corrected chi connectivity index (χ2v) is 5.10. The number of terminal acetylenes is 2. The van der Waals surface area contributed by atoms with Crippen molar-refractivity contribution in [3.8, 4) is 24.7 Å². The maximum atomic E-state index is 13.0. The van der Waals surface area contributed by atoms with Crippen LogP contribution in [-0.2, 0) is 12.8 Å². The summed E-state index contributed by atoms with van der Waals surface area (Å²) in [5.41, 5.74) is 3.09. The number of carbonyl (C=O) groups is 2. The lowest BCUT2D eigenvalue weighted by Gasteiger charge is -2.21. The van der Waals surface area contributed by atoms with Crippen LogP contribution in [0.2, 0.25) is 0 Å². The van der Waals surface area contributed by atoms with Crippen LogP contribution in [0.4, 0.5) is 0 Å². The van der Waals surface area contributed by atoms with Gasteiger partial charge in [0.1, 0.15) is 0 Å². The third-order valence-corrected chi connectivity index (χ3v) is 3.83. The van der Waals surface area contributed by atoms with E-state index in [0.717, 1.165) is 0 Å². The van der Waals surface area contributed by atoms with Crippen molar-refractivity contribution in [2.45, 2.75) is 12.8 Å². The second-order valence-electron chi connectivity index (χ2n) is 5.10. The first kappa shape index (κ1) is 13.9. The summed E-state index contributed by atoms with van der Waals surface area (Å²) in [5.74, 6) is 4.76. The van der Waals surface area contributed by atoms with Gasteiger partial charge in [0, 0.05) is 35.1 Å². The zero-order valence-corrected chi connectivity index (χ0v) is 11.8. The van der Waals surface area contributed by atoms with Crippen molar-refractivity contribution in [2.75, 3.05) is 0 Å². The molecule has 0 radical (unpaired) electrons. The summed E-state index contributed by atoms with van der Waals surface area (Å²) in [5, 5.41) is 0. The molecule has 0 bridgehead atoms. The number of rotatable bonds is 2. The van der Waals surface area contributed by atoms with Gasteiger partial charge in [-0.1, -0.05) is 36.4 Å². The molecule has 1 aliphatic rings. The number of carbonyl (C=O) groups excluding carboxylic acids is 2. The minimum atomic E-state index is -0.165. The van der Waals surface area contributed by atoms with Gasteiger partial charge in [-0.2, -0.15) is 0 Å². The summed E-state index contributed by atoms with van der Waals surface area (Å²) in [6.07, 6.45) is 11.4. The van der Waals surface area contributed by atoms with Crippen molar-refractivity contribution >= 4 is 11.6 Å². The monoisotopic (exact) mass is 284 g/mol. The highest BCUT2D eigenvalue weighted by Gasteiger charge is 2.32. The lowest BCUT2D eigenvalue weighted by molar-refractivity contribution is 0.0978. The highest BCUT2D eigenvalue weighted by molar-refractivity contribution is 6.29. The maximum absolute atomic E-state index is 13.0. The first-order chi connectivity index (χ1) is 10.7. The highest BCUT2D eigenvalue weighted by atomic mass is 16.1. The lowest BCUT2D eigenvalue weighted by atomic mass is 9.79. The Morgan fingerprint density at radius 1 is 0.727 bits per heavy atom.